The number of carbonyl (C=O) groups is 1. The molecule has 1 aliphatic rings. The van der Waals surface area contributed by atoms with E-state index in [1.807, 2.05) is 30.7 Å². The van der Waals surface area contributed by atoms with E-state index in [-0.39, 0.29) is 42.8 Å². The van der Waals surface area contributed by atoms with E-state index in [4.69, 9.17) is 15.1 Å². The number of hydrogen-bond donors (Lipinski definition) is 2. The number of pyridine rings is 1. The summed E-state index contributed by atoms with van der Waals surface area (Å²) in [4.78, 5) is 17.8. The summed E-state index contributed by atoms with van der Waals surface area (Å²) in [6, 6.07) is 5.69. The lowest BCUT2D eigenvalue weighted by molar-refractivity contribution is 0.0930. The van der Waals surface area contributed by atoms with Gasteiger partial charge in [-0.25, -0.2) is 9.67 Å². The number of nitrogens with one attached hydrogen (secondary N) is 1. The van der Waals surface area contributed by atoms with Crippen LogP contribution in [-0.2, 0) is 0 Å². The van der Waals surface area contributed by atoms with E-state index in [1.54, 1.807) is 18.5 Å². The smallest absolute Gasteiger partial charge is 0.252 e. The zero-order chi connectivity index (χ0) is 19.0. The molecule has 1 saturated carbocycles. The van der Waals surface area contributed by atoms with Gasteiger partial charge in [0.15, 0.2) is 11.4 Å². The molecule has 158 valence electrons. The number of aromatic nitrogens is 3. The number of nitrogens with zero attached hydrogens (tertiary/aromatic N) is 3. The van der Waals surface area contributed by atoms with Crippen LogP contribution in [0.15, 0.2) is 35.1 Å². The van der Waals surface area contributed by atoms with Crippen LogP contribution in [0.25, 0.3) is 22.5 Å². The Bertz CT molecular complexity index is 955. The normalized spacial score (nSPS) is 18.5. The Morgan fingerprint density at radius 3 is 2.83 bits per heavy atom. The van der Waals surface area contributed by atoms with Gasteiger partial charge >= 0.3 is 0 Å². The van der Waals surface area contributed by atoms with Crippen molar-refractivity contribution in [1.82, 2.24) is 20.1 Å². The predicted molar refractivity (Wildman–Crippen MR) is 118 cm³/mol. The number of fused-ring (bicyclic) bond motifs is 1. The fraction of sp³-hybridized carbons (Fsp3) is 0.450. The highest BCUT2D eigenvalue weighted by Crippen LogP contribution is 2.28. The van der Waals surface area contributed by atoms with E-state index in [0.717, 1.165) is 24.6 Å². The van der Waals surface area contributed by atoms with E-state index in [9.17, 15) is 4.79 Å². The molecule has 0 spiro atoms. The third kappa shape index (κ3) is 4.42. The molecule has 7 nitrogen and oxygen atoms in total. The second kappa shape index (κ2) is 9.61. The van der Waals surface area contributed by atoms with Crippen molar-refractivity contribution in [2.45, 2.75) is 45.2 Å². The maximum Gasteiger partial charge on any atom is 0.252 e. The van der Waals surface area contributed by atoms with Gasteiger partial charge in [-0.1, -0.05) is 6.42 Å². The van der Waals surface area contributed by atoms with Crippen LogP contribution in [0.2, 0.25) is 0 Å². The second-order valence-electron chi connectivity index (χ2n) is 7.46. The van der Waals surface area contributed by atoms with E-state index < -0.39 is 0 Å². The summed E-state index contributed by atoms with van der Waals surface area (Å²) in [5.41, 5.74) is 7.75. The summed E-state index contributed by atoms with van der Waals surface area (Å²) < 4.78 is 7.34. The Kier molecular flexibility index (Phi) is 7.68. The van der Waals surface area contributed by atoms with Gasteiger partial charge in [0.2, 0.25) is 0 Å². The van der Waals surface area contributed by atoms with Gasteiger partial charge in [-0.2, -0.15) is 5.10 Å². The van der Waals surface area contributed by atoms with Crippen LogP contribution in [0.5, 0.6) is 0 Å². The molecule has 0 bridgehead atoms. The van der Waals surface area contributed by atoms with Crippen LogP contribution in [-0.4, -0.2) is 33.3 Å². The van der Waals surface area contributed by atoms with Crippen LogP contribution >= 0.6 is 24.8 Å². The molecule has 29 heavy (non-hydrogen) atoms. The summed E-state index contributed by atoms with van der Waals surface area (Å²) in [7, 11) is 0. The lowest BCUT2D eigenvalue weighted by atomic mass is 10.0. The summed E-state index contributed by atoms with van der Waals surface area (Å²) in [6.07, 6.45) is 6.46. The van der Waals surface area contributed by atoms with Gasteiger partial charge in [0.1, 0.15) is 5.69 Å². The van der Waals surface area contributed by atoms with E-state index in [0.29, 0.717) is 35.1 Å². The third-order valence-electron chi connectivity index (χ3n) is 5.35. The van der Waals surface area contributed by atoms with Gasteiger partial charge in [0.05, 0.1) is 23.4 Å². The largest absolute Gasteiger partial charge is 0.463 e. The molecule has 4 rings (SSSR count). The molecular formula is C20H27Cl2N5O2. The number of halogens is 2. The lowest BCUT2D eigenvalue weighted by Crippen LogP contribution is -2.40. The molecule has 0 aromatic carbocycles. The van der Waals surface area contributed by atoms with Crippen molar-refractivity contribution in [1.29, 1.82) is 0 Å². The molecule has 1 fully saturated rings. The Labute approximate surface area is 182 Å². The van der Waals surface area contributed by atoms with Crippen molar-refractivity contribution in [2.24, 2.45) is 11.7 Å². The highest BCUT2D eigenvalue weighted by molar-refractivity contribution is 6.06. The molecule has 0 aliphatic heterocycles. The standard InChI is InChI=1S/C20H25N5O2.2ClH/c1-12(2)25-19-15(11-22-25)14(9-17(23-19)18-7-4-8-27-18)20(26)24-16-6-3-5-13(16)10-21;;/h4,7-9,11-13,16H,3,5-6,10,21H2,1-2H3,(H,24,26);2*1H. The second-order valence-corrected chi connectivity index (χ2v) is 7.46. The first-order chi connectivity index (χ1) is 13.1. The molecule has 2 atom stereocenters. The molecule has 3 N–H and O–H groups in total. The quantitative estimate of drug-likeness (QED) is 0.626. The number of carbonyl (C=O) groups excluding carboxylic acids is 1. The Morgan fingerprint density at radius 1 is 1.38 bits per heavy atom. The predicted octanol–water partition coefficient (Wildman–Crippen LogP) is 3.97. The summed E-state index contributed by atoms with van der Waals surface area (Å²) in [5, 5.41) is 8.38. The van der Waals surface area contributed by atoms with Gasteiger partial charge in [-0.3, -0.25) is 4.79 Å². The van der Waals surface area contributed by atoms with Crippen molar-refractivity contribution in [3.05, 3.63) is 36.2 Å². The van der Waals surface area contributed by atoms with Crippen molar-refractivity contribution in [2.75, 3.05) is 6.54 Å². The van der Waals surface area contributed by atoms with Gasteiger partial charge in [0.25, 0.3) is 5.91 Å². The molecular weight excluding hydrogens is 413 g/mol. The minimum Gasteiger partial charge on any atom is -0.463 e. The van der Waals surface area contributed by atoms with Crippen LogP contribution in [0.4, 0.5) is 0 Å². The maximum atomic E-state index is 13.1. The maximum absolute atomic E-state index is 13.1. The molecule has 1 aliphatic carbocycles. The average molecular weight is 440 g/mol. The van der Waals surface area contributed by atoms with Crippen molar-refractivity contribution < 1.29 is 9.21 Å². The molecule has 9 heteroatoms. The Balaban J connectivity index is 0.00000150. The molecule has 3 aromatic rings. The first kappa shape index (κ1) is 23.2. The first-order valence-corrected chi connectivity index (χ1v) is 9.51. The molecule has 0 saturated heterocycles. The van der Waals surface area contributed by atoms with Gasteiger partial charge in [-0.15, -0.1) is 24.8 Å². The highest BCUT2D eigenvalue weighted by Gasteiger charge is 2.29. The minimum atomic E-state index is -0.108. The SMILES string of the molecule is CC(C)n1ncc2c(C(=O)NC3CCCC3CN)cc(-c3ccco3)nc21.Cl.Cl. The fourth-order valence-electron chi connectivity index (χ4n) is 3.89. The first-order valence-electron chi connectivity index (χ1n) is 9.51. The highest BCUT2D eigenvalue weighted by atomic mass is 35.5. The lowest BCUT2D eigenvalue weighted by Gasteiger charge is -2.20. The van der Waals surface area contributed by atoms with Crippen LogP contribution in [0, 0.1) is 5.92 Å². The van der Waals surface area contributed by atoms with Crippen molar-refractivity contribution in [3.8, 4) is 11.5 Å². The van der Waals surface area contributed by atoms with Crippen LogP contribution in [0.3, 0.4) is 0 Å². The monoisotopic (exact) mass is 439 g/mol. The van der Waals surface area contributed by atoms with E-state index >= 15 is 0 Å². The number of amides is 1. The van der Waals surface area contributed by atoms with E-state index in [1.165, 1.54) is 0 Å². The number of hydrogen-bond acceptors (Lipinski definition) is 5. The fourth-order valence-corrected chi connectivity index (χ4v) is 3.89. The van der Waals surface area contributed by atoms with Crippen molar-refractivity contribution >= 4 is 41.8 Å². The number of furan rings is 1. The van der Waals surface area contributed by atoms with Gasteiger partial charge in [0, 0.05) is 12.1 Å². The molecule has 1 amide bonds. The summed E-state index contributed by atoms with van der Waals surface area (Å²) in [6.45, 7) is 4.68. The van der Waals surface area contributed by atoms with Gasteiger partial charge in [-0.05, 0) is 57.4 Å². The van der Waals surface area contributed by atoms with Crippen LogP contribution < -0.4 is 11.1 Å². The zero-order valence-electron chi connectivity index (χ0n) is 16.5. The van der Waals surface area contributed by atoms with Crippen LogP contribution in [0.1, 0.15) is 49.5 Å². The minimum absolute atomic E-state index is 0. The topological polar surface area (TPSA) is 99.0 Å². The third-order valence-corrected chi connectivity index (χ3v) is 5.35. The molecule has 3 aromatic heterocycles. The number of rotatable bonds is 5. The number of nitrogens with two attached hydrogens (primary N) is 1. The summed E-state index contributed by atoms with van der Waals surface area (Å²) in [5.74, 6) is 0.862. The average Bonchev–Trinajstić information content (AvgIpc) is 3.40. The van der Waals surface area contributed by atoms with Crippen molar-refractivity contribution in [3.63, 3.8) is 0 Å². The molecule has 0 radical (unpaired) electrons. The van der Waals surface area contributed by atoms with E-state index in [2.05, 4.69) is 10.4 Å². The summed E-state index contributed by atoms with van der Waals surface area (Å²) >= 11 is 0. The molecule has 3 heterocycles. The zero-order valence-corrected chi connectivity index (χ0v) is 18.1. The Hall–Kier alpha value is -2.09. The molecule has 2 unspecified atom stereocenters. The Morgan fingerprint density at radius 2 is 2.17 bits per heavy atom. The van der Waals surface area contributed by atoms with Gasteiger partial charge < -0.3 is 15.5 Å².